The van der Waals surface area contributed by atoms with Gasteiger partial charge in [-0.05, 0) is 12.8 Å². The molecular weight excluding hydrogens is 386 g/mol. The van der Waals surface area contributed by atoms with Crippen LogP contribution in [0, 0.1) is 0 Å². The minimum absolute atomic E-state index is 0.275. The van der Waals surface area contributed by atoms with Gasteiger partial charge >= 0.3 is 7.82 Å². The van der Waals surface area contributed by atoms with Crippen molar-refractivity contribution in [3.63, 3.8) is 0 Å². The summed E-state index contributed by atoms with van der Waals surface area (Å²) in [6, 6.07) is 0. The molecular formula is C8H16Br2ClO4P. The van der Waals surface area contributed by atoms with Crippen LogP contribution in [0.1, 0.15) is 12.8 Å². The fourth-order valence-electron chi connectivity index (χ4n) is 0.720. The number of hydrogen-bond acceptors (Lipinski definition) is 4. The molecule has 16 heavy (non-hydrogen) atoms. The Hall–Kier alpha value is 1.36. The molecule has 1 unspecified atom stereocenters. The van der Waals surface area contributed by atoms with Gasteiger partial charge in [0.25, 0.3) is 0 Å². The van der Waals surface area contributed by atoms with Crippen molar-refractivity contribution in [2.75, 3.05) is 36.4 Å². The summed E-state index contributed by atoms with van der Waals surface area (Å²) >= 11 is 11.9. The molecule has 0 saturated carbocycles. The first-order chi connectivity index (χ1) is 7.68. The lowest BCUT2D eigenvalue weighted by Gasteiger charge is -2.17. The van der Waals surface area contributed by atoms with Crippen molar-refractivity contribution in [2.45, 2.75) is 12.8 Å². The van der Waals surface area contributed by atoms with E-state index in [1.807, 2.05) is 0 Å². The quantitative estimate of drug-likeness (QED) is 0.298. The van der Waals surface area contributed by atoms with E-state index in [0.717, 1.165) is 11.8 Å². The molecule has 0 aromatic carbocycles. The van der Waals surface area contributed by atoms with Crippen LogP contribution in [0.15, 0.2) is 0 Å². The average molecular weight is 402 g/mol. The molecule has 0 aliphatic rings. The Morgan fingerprint density at radius 2 is 1.50 bits per heavy atom. The number of phosphoric ester groups is 1. The van der Waals surface area contributed by atoms with Crippen LogP contribution in [-0.4, -0.2) is 36.4 Å². The summed E-state index contributed by atoms with van der Waals surface area (Å²) in [5.41, 5.74) is 0. The van der Waals surface area contributed by atoms with Crippen LogP contribution in [-0.2, 0) is 18.1 Å². The van der Waals surface area contributed by atoms with E-state index < -0.39 is 7.82 Å². The molecule has 0 radical (unpaired) electrons. The van der Waals surface area contributed by atoms with Gasteiger partial charge in [0, 0.05) is 16.5 Å². The zero-order valence-electron chi connectivity index (χ0n) is 8.87. The average Bonchev–Trinajstić information content (AvgIpc) is 2.27. The molecule has 0 fully saturated rings. The molecule has 1 atom stereocenters. The number of rotatable bonds is 11. The highest BCUT2D eigenvalue weighted by atomic mass is 79.9. The van der Waals surface area contributed by atoms with Gasteiger partial charge in [-0.1, -0.05) is 31.9 Å². The molecule has 0 N–H and O–H groups in total. The van der Waals surface area contributed by atoms with Crippen LogP contribution < -0.4 is 0 Å². The standard InChI is InChI=1S/C8H16Br2ClO4P/c9-3-1-6-13-16(12,15-8-4-10)14-7-2-5-11/h1-8H2. The Morgan fingerprint density at radius 3 is 2.00 bits per heavy atom. The van der Waals surface area contributed by atoms with Gasteiger partial charge in [-0.15, -0.1) is 11.6 Å². The van der Waals surface area contributed by atoms with Crippen molar-refractivity contribution < 1.29 is 18.1 Å². The molecule has 0 spiro atoms. The fraction of sp³-hybridized carbons (Fsp3) is 1.00. The lowest BCUT2D eigenvalue weighted by molar-refractivity contribution is 0.119. The maximum atomic E-state index is 12.0. The second kappa shape index (κ2) is 11.5. The Kier molecular flexibility index (Phi) is 12.4. The molecule has 0 saturated heterocycles. The lowest BCUT2D eigenvalue weighted by atomic mass is 10.5. The number of hydrogen-bond donors (Lipinski definition) is 0. The van der Waals surface area contributed by atoms with Crippen molar-refractivity contribution in [1.82, 2.24) is 0 Å². The van der Waals surface area contributed by atoms with Gasteiger partial charge in [0.2, 0.25) is 0 Å². The van der Waals surface area contributed by atoms with Crippen LogP contribution in [0.25, 0.3) is 0 Å². The third kappa shape index (κ3) is 9.40. The molecule has 98 valence electrons. The van der Waals surface area contributed by atoms with Crippen LogP contribution >= 0.6 is 51.3 Å². The molecule has 0 aromatic heterocycles. The van der Waals surface area contributed by atoms with Gasteiger partial charge in [0.1, 0.15) is 0 Å². The molecule has 0 heterocycles. The number of halogens is 3. The highest BCUT2D eigenvalue weighted by Gasteiger charge is 2.25. The van der Waals surface area contributed by atoms with E-state index in [0.29, 0.717) is 24.2 Å². The SMILES string of the molecule is O=P(OCCBr)(OCCCCl)OCCCBr. The molecule has 4 nitrogen and oxygen atoms in total. The summed E-state index contributed by atoms with van der Waals surface area (Å²) in [4.78, 5) is 0. The monoisotopic (exact) mass is 400 g/mol. The van der Waals surface area contributed by atoms with E-state index in [9.17, 15) is 4.57 Å². The molecule has 8 heteroatoms. The van der Waals surface area contributed by atoms with Gasteiger partial charge in [0.05, 0.1) is 19.8 Å². The van der Waals surface area contributed by atoms with E-state index in [-0.39, 0.29) is 13.2 Å². The van der Waals surface area contributed by atoms with E-state index in [1.54, 1.807) is 0 Å². The molecule has 0 aliphatic heterocycles. The largest absolute Gasteiger partial charge is 0.474 e. The molecule has 0 rings (SSSR count). The fourth-order valence-corrected chi connectivity index (χ4v) is 2.71. The van der Waals surface area contributed by atoms with E-state index in [4.69, 9.17) is 25.2 Å². The van der Waals surface area contributed by atoms with Crippen molar-refractivity contribution in [1.29, 1.82) is 0 Å². The van der Waals surface area contributed by atoms with E-state index in [1.165, 1.54) is 0 Å². The van der Waals surface area contributed by atoms with Crippen LogP contribution in [0.5, 0.6) is 0 Å². The molecule has 0 aromatic rings. The zero-order chi connectivity index (χ0) is 12.3. The van der Waals surface area contributed by atoms with Gasteiger partial charge < -0.3 is 0 Å². The first kappa shape index (κ1) is 17.4. The van der Waals surface area contributed by atoms with Crippen LogP contribution in [0.2, 0.25) is 0 Å². The summed E-state index contributed by atoms with van der Waals surface area (Å²) in [6.45, 7) is 0.898. The Bertz CT molecular complexity index is 194. The van der Waals surface area contributed by atoms with E-state index in [2.05, 4.69) is 31.9 Å². The van der Waals surface area contributed by atoms with Crippen molar-refractivity contribution in [3.05, 3.63) is 0 Å². The van der Waals surface area contributed by atoms with Gasteiger partial charge in [-0.2, -0.15) is 0 Å². The second-order valence-corrected chi connectivity index (χ2v) is 6.35. The van der Waals surface area contributed by atoms with Crippen molar-refractivity contribution >= 4 is 51.3 Å². The van der Waals surface area contributed by atoms with Crippen LogP contribution in [0.3, 0.4) is 0 Å². The third-order valence-electron chi connectivity index (χ3n) is 1.38. The molecule has 0 aliphatic carbocycles. The predicted molar refractivity (Wildman–Crippen MR) is 73.0 cm³/mol. The summed E-state index contributed by atoms with van der Waals surface area (Å²) < 4.78 is 27.3. The molecule has 0 bridgehead atoms. The van der Waals surface area contributed by atoms with Gasteiger partial charge in [-0.25, -0.2) is 4.57 Å². The van der Waals surface area contributed by atoms with E-state index >= 15 is 0 Å². The van der Waals surface area contributed by atoms with Crippen LogP contribution in [0.4, 0.5) is 0 Å². The Labute approximate surface area is 118 Å². The smallest absolute Gasteiger partial charge is 0.287 e. The summed E-state index contributed by atoms with van der Waals surface area (Å²) in [6.07, 6.45) is 1.37. The highest BCUT2D eigenvalue weighted by molar-refractivity contribution is 9.09. The summed E-state index contributed by atoms with van der Waals surface area (Å²) in [5.74, 6) is 0.458. The zero-order valence-corrected chi connectivity index (χ0v) is 13.7. The number of phosphoric acid groups is 1. The first-order valence-corrected chi connectivity index (χ1v) is 9.14. The first-order valence-electron chi connectivity index (χ1n) is 4.90. The Balaban J connectivity index is 3.97. The highest BCUT2D eigenvalue weighted by Crippen LogP contribution is 2.49. The normalized spacial score (nSPS) is 14.9. The summed E-state index contributed by atoms with van der Waals surface area (Å²) in [5, 5.41) is 1.37. The molecule has 0 amide bonds. The van der Waals surface area contributed by atoms with Crippen molar-refractivity contribution in [2.24, 2.45) is 0 Å². The predicted octanol–water partition coefficient (Wildman–Crippen LogP) is 3.95. The maximum Gasteiger partial charge on any atom is 0.474 e. The second-order valence-electron chi connectivity index (χ2n) is 2.72. The van der Waals surface area contributed by atoms with Gasteiger partial charge in [-0.3, -0.25) is 13.6 Å². The minimum Gasteiger partial charge on any atom is -0.287 e. The van der Waals surface area contributed by atoms with Gasteiger partial charge in [0.15, 0.2) is 0 Å². The topological polar surface area (TPSA) is 44.8 Å². The van der Waals surface area contributed by atoms with Crippen molar-refractivity contribution in [3.8, 4) is 0 Å². The minimum atomic E-state index is -3.40. The maximum absolute atomic E-state index is 12.0. The third-order valence-corrected chi connectivity index (χ3v) is 4.03. The number of alkyl halides is 3. The Morgan fingerprint density at radius 1 is 0.938 bits per heavy atom. The summed E-state index contributed by atoms with van der Waals surface area (Å²) in [7, 11) is -3.40. The lowest BCUT2D eigenvalue weighted by Crippen LogP contribution is -2.05.